The van der Waals surface area contributed by atoms with Crippen molar-refractivity contribution in [2.45, 2.75) is 25.9 Å². The second-order valence-corrected chi connectivity index (χ2v) is 5.66. The first-order valence-electron chi connectivity index (χ1n) is 8.34. The van der Waals surface area contributed by atoms with Crippen molar-refractivity contribution in [2.75, 3.05) is 20.8 Å². The summed E-state index contributed by atoms with van der Waals surface area (Å²) in [4.78, 5) is 12.2. The Hall–Kier alpha value is -2.69. The normalized spacial score (nSPS) is 11.5. The quantitative estimate of drug-likeness (QED) is 0.710. The third-order valence-corrected chi connectivity index (χ3v) is 3.82. The number of hydrogen-bond donors (Lipinski definition) is 1. The molecule has 2 aromatic rings. The number of carbonyl (C=O) groups is 1. The molecule has 134 valence electrons. The minimum atomic E-state index is -0.590. The summed E-state index contributed by atoms with van der Waals surface area (Å²) >= 11 is 0. The first-order valence-corrected chi connectivity index (χ1v) is 8.34. The summed E-state index contributed by atoms with van der Waals surface area (Å²) in [5.74, 6) is 1.88. The molecule has 0 saturated heterocycles. The molecule has 1 amide bonds. The van der Waals surface area contributed by atoms with E-state index >= 15 is 0 Å². The lowest BCUT2D eigenvalue weighted by atomic mass is 10.1. The van der Waals surface area contributed by atoms with Crippen molar-refractivity contribution in [1.29, 1.82) is 0 Å². The van der Waals surface area contributed by atoms with E-state index in [1.165, 1.54) is 5.56 Å². The molecule has 0 aliphatic heterocycles. The Bertz CT molecular complexity index is 687. The van der Waals surface area contributed by atoms with Crippen LogP contribution in [-0.2, 0) is 11.2 Å². The lowest BCUT2D eigenvalue weighted by Gasteiger charge is -2.16. The van der Waals surface area contributed by atoms with Gasteiger partial charge in [-0.15, -0.1) is 0 Å². The molecule has 5 nitrogen and oxygen atoms in total. The number of methoxy groups -OCH3 is 2. The van der Waals surface area contributed by atoms with E-state index in [1.54, 1.807) is 33.3 Å². The first kappa shape index (κ1) is 18.6. The van der Waals surface area contributed by atoms with Crippen LogP contribution in [0.25, 0.3) is 0 Å². The number of carbonyl (C=O) groups excluding carboxylic acids is 1. The van der Waals surface area contributed by atoms with Crippen LogP contribution in [-0.4, -0.2) is 32.8 Å². The minimum absolute atomic E-state index is 0.142. The molecule has 0 aliphatic carbocycles. The molecule has 0 unspecified atom stereocenters. The third-order valence-electron chi connectivity index (χ3n) is 3.82. The van der Waals surface area contributed by atoms with Crippen molar-refractivity contribution in [2.24, 2.45) is 0 Å². The Labute approximate surface area is 148 Å². The summed E-state index contributed by atoms with van der Waals surface area (Å²) in [5, 5.41) is 2.90. The molecule has 0 aromatic heterocycles. The standard InChI is InChI=1S/C20H25NO4/c1-15(25-19-12-5-4-11-18(19)24-3)20(22)21-13-7-9-16-8-6-10-17(14-16)23-2/h4-6,8,10-12,14-15H,7,9,13H2,1-3H3,(H,21,22)/t15-/m0/s1. The van der Waals surface area contributed by atoms with E-state index < -0.39 is 6.10 Å². The largest absolute Gasteiger partial charge is 0.497 e. The first-order chi connectivity index (χ1) is 12.1. The van der Waals surface area contributed by atoms with Crippen molar-refractivity contribution in [3.8, 4) is 17.2 Å². The van der Waals surface area contributed by atoms with Crippen molar-refractivity contribution < 1.29 is 19.0 Å². The van der Waals surface area contributed by atoms with Crippen molar-refractivity contribution in [3.05, 3.63) is 54.1 Å². The molecule has 2 rings (SSSR count). The minimum Gasteiger partial charge on any atom is -0.497 e. The SMILES string of the molecule is COc1cccc(CCCNC(=O)[C@H](C)Oc2ccccc2OC)c1. The summed E-state index contributed by atoms with van der Waals surface area (Å²) in [6.07, 6.45) is 1.13. The summed E-state index contributed by atoms with van der Waals surface area (Å²) < 4.78 is 16.1. The van der Waals surface area contributed by atoms with E-state index in [9.17, 15) is 4.79 Å². The van der Waals surface area contributed by atoms with Crippen LogP contribution in [0, 0.1) is 0 Å². The van der Waals surface area contributed by atoms with E-state index in [1.807, 2.05) is 30.3 Å². The van der Waals surface area contributed by atoms with E-state index in [0.29, 0.717) is 18.0 Å². The van der Waals surface area contributed by atoms with Crippen LogP contribution in [0.2, 0.25) is 0 Å². The number of hydrogen-bond acceptors (Lipinski definition) is 4. The zero-order valence-electron chi connectivity index (χ0n) is 15.0. The average molecular weight is 343 g/mol. The highest BCUT2D eigenvalue weighted by atomic mass is 16.5. The lowest BCUT2D eigenvalue weighted by Crippen LogP contribution is -2.37. The summed E-state index contributed by atoms with van der Waals surface area (Å²) in [6.45, 7) is 2.32. The molecule has 5 heteroatoms. The molecule has 0 aliphatic rings. The fourth-order valence-corrected chi connectivity index (χ4v) is 2.44. The van der Waals surface area contributed by atoms with Gasteiger partial charge in [0.25, 0.3) is 5.91 Å². The second-order valence-electron chi connectivity index (χ2n) is 5.66. The number of amides is 1. The van der Waals surface area contributed by atoms with Gasteiger partial charge < -0.3 is 19.5 Å². The Morgan fingerprint density at radius 3 is 2.52 bits per heavy atom. The van der Waals surface area contributed by atoms with E-state index in [-0.39, 0.29) is 5.91 Å². The van der Waals surface area contributed by atoms with Gasteiger partial charge in [0.15, 0.2) is 17.6 Å². The predicted octanol–water partition coefficient (Wildman–Crippen LogP) is 3.22. The lowest BCUT2D eigenvalue weighted by molar-refractivity contribution is -0.127. The average Bonchev–Trinajstić information content (AvgIpc) is 2.65. The fourth-order valence-electron chi connectivity index (χ4n) is 2.44. The zero-order chi connectivity index (χ0) is 18.1. The molecular formula is C20H25NO4. The van der Waals surface area contributed by atoms with E-state index in [4.69, 9.17) is 14.2 Å². The molecule has 0 spiro atoms. The molecule has 0 bridgehead atoms. The molecule has 1 N–H and O–H groups in total. The molecule has 2 aromatic carbocycles. The van der Waals surface area contributed by atoms with Crippen LogP contribution in [0.3, 0.4) is 0 Å². The zero-order valence-corrected chi connectivity index (χ0v) is 15.0. The topological polar surface area (TPSA) is 56.8 Å². The Kier molecular flexibility index (Phi) is 7.14. The fraction of sp³-hybridized carbons (Fsp3) is 0.350. The summed E-state index contributed by atoms with van der Waals surface area (Å²) in [5.41, 5.74) is 1.19. The van der Waals surface area contributed by atoms with Gasteiger partial charge in [-0.05, 0) is 49.6 Å². The van der Waals surface area contributed by atoms with Crippen LogP contribution >= 0.6 is 0 Å². The van der Waals surface area contributed by atoms with Crippen LogP contribution in [0.5, 0.6) is 17.2 Å². The Morgan fingerprint density at radius 1 is 1.04 bits per heavy atom. The van der Waals surface area contributed by atoms with Gasteiger partial charge in [-0.2, -0.15) is 0 Å². The van der Waals surface area contributed by atoms with Crippen LogP contribution in [0.15, 0.2) is 48.5 Å². The maximum absolute atomic E-state index is 12.2. The molecule has 1 atom stereocenters. The summed E-state index contributed by atoms with van der Waals surface area (Å²) in [7, 11) is 3.23. The molecular weight excluding hydrogens is 318 g/mol. The highest BCUT2D eigenvalue weighted by Crippen LogP contribution is 2.26. The van der Waals surface area contributed by atoms with Crippen molar-refractivity contribution >= 4 is 5.91 Å². The van der Waals surface area contributed by atoms with Crippen molar-refractivity contribution in [1.82, 2.24) is 5.32 Å². The van der Waals surface area contributed by atoms with E-state index in [0.717, 1.165) is 18.6 Å². The number of para-hydroxylation sites is 2. The van der Waals surface area contributed by atoms with Crippen molar-refractivity contribution in [3.63, 3.8) is 0 Å². The summed E-state index contributed by atoms with van der Waals surface area (Å²) in [6, 6.07) is 15.2. The van der Waals surface area contributed by atoms with Gasteiger partial charge in [-0.3, -0.25) is 4.79 Å². The van der Waals surface area contributed by atoms with Gasteiger partial charge in [-0.1, -0.05) is 24.3 Å². The maximum Gasteiger partial charge on any atom is 0.260 e. The molecule has 0 radical (unpaired) electrons. The smallest absolute Gasteiger partial charge is 0.260 e. The molecule has 25 heavy (non-hydrogen) atoms. The molecule has 0 saturated carbocycles. The molecule has 0 fully saturated rings. The van der Waals surface area contributed by atoms with Gasteiger partial charge in [0.2, 0.25) is 0 Å². The van der Waals surface area contributed by atoms with Gasteiger partial charge in [0, 0.05) is 6.54 Å². The van der Waals surface area contributed by atoms with Crippen LogP contribution in [0.4, 0.5) is 0 Å². The van der Waals surface area contributed by atoms with Crippen LogP contribution in [0.1, 0.15) is 18.9 Å². The number of rotatable bonds is 9. The monoisotopic (exact) mass is 343 g/mol. The van der Waals surface area contributed by atoms with Gasteiger partial charge >= 0.3 is 0 Å². The third kappa shape index (κ3) is 5.71. The number of aryl methyl sites for hydroxylation is 1. The highest BCUT2D eigenvalue weighted by molar-refractivity contribution is 5.80. The maximum atomic E-state index is 12.2. The van der Waals surface area contributed by atoms with Gasteiger partial charge in [0.05, 0.1) is 14.2 Å². The Morgan fingerprint density at radius 2 is 1.80 bits per heavy atom. The highest BCUT2D eigenvalue weighted by Gasteiger charge is 2.16. The van der Waals surface area contributed by atoms with Gasteiger partial charge in [-0.25, -0.2) is 0 Å². The van der Waals surface area contributed by atoms with Gasteiger partial charge in [0.1, 0.15) is 5.75 Å². The second kappa shape index (κ2) is 9.57. The Balaban J connectivity index is 1.75. The van der Waals surface area contributed by atoms with E-state index in [2.05, 4.69) is 11.4 Å². The van der Waals surface area contributed by atoms with Crippen LogP contribution < -0.4 is 19.5 Å². The number of benzene rings is 2. The number of ether oxygens (including phenoxy) is 3. The predicted molar refractivity (Wildman–Crippen MR) is 97.4 cm³/mol. The number of nitrogens with one attached hydrogen (secondary N) is 1. The molecule has 0 heterocycles.